The van der Waals surface area contributed by atoms with E-state index in [1.165, 1.54) is 0 Å². The molecule has 100 valence electrons. The van der Waals surface area contributed by atoms with Gasteiger partial charge in [-0.3, -0.25) is 15.6 Å². The summed E-state index contributed by atoms with van der Waals surface area (Å²) in [6.07, 6.45) is 3.25. The van der Waals surface area contributed by atoms with Crippen LogP contribution in [-0.4, -0.2) is 16.0 Å². The Hall–Kier alpha value is -1.80. The van der Waals surface area contributed by atoms with E-state index in [0.717, 1.165) is 10.2 Å². The van der Waals surface area contributed by atoms with Crippen LogP contribution in [-0.2, 0) is 6.54 Å². The van der Waals surface area contributed by atoms with Gasteiger partial charge < -0.3 is 14.7 Å². The molecule has 0 fully saturated rings. The molecule has 0 radical (unpaired) electrons. The van der Waals surface area contributed by atoms with Crippen molar-refractivity contribution in [2.45, 2.75) is 6.54 Å². The molecule has 8 heteroatoms. The Bertz CT molecular complexity index is 567. The van der Waals surface area contributed by atoms with Crippen molar-refractivity contribution >= 4 is 39.2 Å². The van der Waals surface area contributed by atoms with Crippen molar-refractivity contribution < 1.29 is 9.21 Å². The zero-order valence-corrected chi connectivity index (χ0v) is 12.1. The molecule has 0 aliphatic carbocycles. The summed E-state index contributed by atoms with van der Waals surface area (Å²) in [5.74, 6) is 0.441. The van der Waals surface area contributed by atoms with Crippen LogP contribution in [0.3, 0.4) is 0 Å². The highest BCUT2D eigenvalue weighted by Gasteiger charge is 2.07. The molecular formula is C11H11BrN4O2S. The van der Waals surface area contributed by atoms with E-state index in [4.69, 9.17) is 16.6 Å². The van der Waals surface area contributed by atoms with Gasteiger partial charge >= 0.3 is 0 Å². The van der Waals surface area contributed by atoms with Crippen molar-refractivity contribution in [1.82, 2.24) is 21.2 Å². The summed E-state index contributed by atoms with van der Waals surface area (Å²) < 4.78 is 5.94. The Balaban J connectivity index is 1.73. The molecule has 0 aliphatic heterocycles. The number of aromatic amines is 1. The van der Waals surface area contributed by atoms with E-state index in [2.05, 4.69) is 37.1 Å². The fraction of sp³-hybridized carbons (Fsp3) is 0.0909. The molecule has 1 amide bonds. The molecule has 0 spiro atoms. The molecule has 0 bridgehead atoms. The predicted octanol–water partition coefficient (Wildman–Crippen LogP) is 1.68. The van der Waals surface area contributed by atoms with Crippen LogP contribution in [0.25, 0.3) is 0 Å². The second-order valence-corrected chi connectivity index (χ2v) is 4.90. The lowest BCUT2D eigenvalue weighted by Gasteiger charge is -2.09. The van der Waals surface area contributed by atoms with Crippen LogP contribution in [0.5, 0.6) is 0 Å². The van der Waals surface area contributed by atoms with Crippen LogP contribution in [0.4, 0.5) is 0 Å². The molecule has 2 rings (SSSR count). The fourth-order valence-electron chi connectivity index (χ4n) is 1.30. The van der Waals surface area contributed by atoms with Crippen molar-refractivity contribution in [2.75, 3.05) is 0 Å². The van der Waals surface area contributed by atoms with Crippen LogP contribution in [0.15, 0.2) is 39.5 Å². The number of hydrogen-bond donors (Lipinski definition) is 4. The van der Waals surface area contributed by atoms with E-state index in [1.54, 1.807) is 24.6 Å². The molecule has 2 aromatic heterocycles. The quantitative estimate of drug-likeness (QED) is 0.504. The first-order valence-electron chi connectivity index (χ1n) is 5.35. The number of nitrogens with one attached hydrogen (secondary N) is 4. The van der Waals surface area contributed by atoms with Gasteiger partial charge in [0.15, 0.2) is 5.11 Å². The maximum atomic E-state index is 11.7. The molecule has 0 saturated heterocycles. The highest BCUT2D eigenvalue weighted by atomic mass is 79.9. The normalized spacial score (nSPS) is 9.95. The summed E-state index contributed by atoms with van der Waals surface area (Å²) >= 11 is 8.25. The lowest BCUT2D eigenvalue weighted by Crippen LogP contribution is -2.46. The highest BCUT2D eigenvalue weighted by Crippen LogP contribution is 2.09. The first-order valence-corrected chi connectivity index (χ1v) is 6.56. The van der Waals surface area contributed by atoms with E-state index in [1.807, 2.05) is 6.07 Å². The Morgan fingerprint density at radius 2 is 2.32 bits per heavy atom. The number of halogens is 1. The van der Waals surface area contributed by atoms with Gasteiger partial charge in [-0.15, -0.1) is 0 Å². The largest absolute Gasteiger partial charge is 0.467 e. The average molecular weight is 343 g/mol. The molecule has 0 aromatic carbocycles. The summed E-state index contributed by atoms with van der Waals surface area (Å²) in [4.78, 5) is 14.5. The number of hydrazine groups is 1. The summed E-state index contributed by atoms with van der Waals surface area (Å²) in [6, 6.07) is 5.28. The second-order valence-electron chi connectivity index (χ2n) is 3.57. The van der Waals surface area contributed by atoms with Crippen LogP contribution < -0.4 is 16.2 Å². The van der Waals surface area contributed by atoms with E-state index >= 15 is 0 Å². The van der Waals surface area contributed by atoms with Gasteiger partial charge in [-0.25, -0.2) is 0 Å². The second kappa shape index (κ2) is 6.39. The summed E-state index contributed by atoms with van der Waals surface area (Å²) in [7, 11) is 0. The first kappa shape index (κ1) is 13.6. The SMILES string of the molecule is O=C(NNC(=S)NCc1ccco1)c1cc(Br)c[nH]1. The molecule has 0 aliphatic rings. The minimum absolute atomic E-state index is 0.301. The lowest BCUT2D eigenvalue weighted by molar-refractivity contribution is 0.0939. The maximum Gasteiger partial charge on any atom is 0.286 e. The van der Waals surface area contributed by atoms with Gasteiger partial charge in [-0.2, -0.15) is 0 Å². The number of aromatic nitrogens is 1. The van der Waals surface area contributed by atoms with Gasteiger partial charge in [0.2, 0.25) is 0 Å². The van der Waals surface area contributed by atoms with Gasteiger partial charge in [0.25, 0.3) is 5.91 Å². The first-order chi connectivity index (χ1) is 9.15. The summed E-state index contributed by atoms with van der Waals surface area (Å²) in [5.41, 5.74) is 5.49. The third kappa shape index (κ3) is 4.11. The molecule has 2 aromatic rings. The van der Waals surface area contributed by atoms with Gasteiger partial charge in [0.05, 0.1) is 12.8 Å². The third-order valence-corrected chi connectivity index (χ3v) is 2.89. The number of furan rings is 1. The van der Waals surface area contributed by atoms with Gasteiger partial charge in [-0.05, 0) is 46.3 Å². The van der Waals surface area contributed by atoms with Crippen molar-refractivity contribution in [3.63, 3.8) is 0 Å². The fourth-order valence-corrected chi connectivity index (χ4v) is 1.77. The van der Waals surface area contributed by atoms with Crippen molar-refractivity contribution in [1.29, 1.82) is 0 Å². The molecule has 2 heterocycles. The molecule has 4 N–H and O–H groups in total. The van der Waals surface area contributed by atoms with Crippen LogP contribution in [0.2, 0.25) is 0 Å². The Labute approximate surface area is 123 Å². The van der Waals surface area contributed by atoms with Crippen LogP contribution in [0.1, 0.15) is 16.2 Å². The van der Waals surface area contributed by atoms with E-state index < -0.39 is 0 Å². The number of H-pyrrole nitrogens is 1. The maximum absolute atomic E-state index is 11.7. The summed E-state index contributed by atoms with van der Waals surface area (Å²) in [5, 5.41) is 3.19. The molecule has 0 saturated carbocycles. The minimum Gasteiger partial charge on any atom is -0.467 e. The average Bonchev–Trinajstić information content (AvgIpc) is 3.04. The Kier molecular flexibility index (Phi) is 4.58. The smallest absolute Gasteiger partial charge is 0.286 e. The topological polar surface area (TPSA) is 82.1 Å². The van der Waals surface area contributed by atoms with E-state index in [-0.39, 0.29) is 5.91 Å². The minimum atomic E-state index is -0.312. The molecule has 19 heavy (non-hydrogen) atoms. The van der Waals surface area contributed by atoms with Gasteiger partial charge in [-0.1, -0.05) is 0 Å². The number of hydrogen-bond acceptors (Lipinski definition) is 3. The van der Waals surface area contributed by atoms with E-state index in [0.29, 0.717) is 17.4 Å². The molecular weight excluding hydrogens is 332 g/mol. The van der Waals surface area contributed by atoms with Crippen molar-refractivity contribution in [3.05, 3.63) is 46.6 Å². The molecule has 6 nitrogen and oxygen atoms in total. The number of rotatable bonds is 3. The van der Waals surface area contributed by atoms with Gasteiger partial charge in [0, 0.05) is 10.7 Å². The summed E-state index contributed by atoms with van der Waals surface area (Å²) in [6.45, 7) is 0.447. The van der Waals surface area contributed by atoms with Crippen LogP contribution in [0, 0.1) is 0 Å². The van der Waals surface area contributed by atoms with Crippen molar-refractivity contribution in [2.24, 2.45) is 0 Å². The molecule has 0 atom stereocenters. The zero-order chi connectivity index (χ0) is 13.7. The predicted molar refractivity (Wildman–Crippen MR) is 77.2 cm³/mol. The van der Waals surface area contributed by atoms with Gasteiger partial charge in [0.1, 0.15) is 11.5 Å². The number of carbonyl (C=O) groups is 1. The zero-order valence-electron chi connectivity index (χ0n) is 9.70. The number of thiocarbonyl (C=S) groups is 1. The number of carbonyl (C=O) groups excluding carboxylic acids is 1. The molecule has 0 unspecified atom stereocenters. The number of amides is 1. The van der Waals surface area contributed by atoms with Crippen molar-refractivity contribution in [3.8, 4) is 0 Å². The Morgan fingerprint density at radius 3 is 2.95 bits per heavy atom. The lowest BCUT2D eigenvalue weighted by atomic mass is 10.4. The van der Waals surface area contributed by atoms with E-state index in [9.17, 15) is 4.79 Å². The standard InChI is InChI=1S/C11H11BrN4O2S/c12-7-4-9(13-5-7)10(17)15-16-11(19)14-6-8-2-1-3-18-8/h1-5,13H,6H2,(H,15,17)(H2,14,16,19). The third-order valence-electron chi connectivity index (χ3n) is 2.19. The monoisotopic (exact) mass is 342 g/mol. The highest BCUT2D eigenvalue weighted by molar-refractivity contribution is 9.10. The van der Waals surface area contributed by atoms with Crippen LogP contribution >= 0.6 is 28.1 Å². The Morgan fingerprint density at radius 1 is 1.47 bits per heavy atom.